The van der Waals surface area contributed by atoms with Crippen molar-refractivity contribution < 1.29 is 9.47 Å². The summed E-state index contributed by atoms with van der Waals surface area (Å²) >= 11 is 0. The summed E-state index contributed by atoms with van der Waals surface area (Å²) < 4.78 is 12.6. The number of ether oxygens (including phenoxy) is 2. The summed E-state index contributed by atoms with van der Waals surface area (Å²) in [5.74, 6) is 2.08. The van der Waals surface area contributed by atoms with Crippen molar-refractivity contribution in [3.05, 3.63) is 58.8 Å². The Hall–Kier alpha value is -3.69. The van der Waals surface area contributed by atoms with Crippen molar-refractivity contribution in [1.82, 2.24) is 25.1 Å². The van der Waals surface area contributed by atoms with Gasteiger partial charge in [0.2, 0.25) is 5.95 Å². The third kappa shape index (κ3) is 4.91. The molecular weight excluding hydrogens is 442 g/mol. The Balaban J connectivity index is 1.37. The van der Waals surface area contributed by atoms with Gasteiger partial charge >= 0.3 is 0 Å². The van der Waals surface area contributed by atoms with Crippen LogP contribution in [-0.2, 0) is 24.8 Å². The molecule has 0 spiro atoms. The molecule has 2 aromatic carbocycles. The summed E-state index contributed by atoms with van der Waals surface area (Å²) in [6.07, 6.45) is 2.87. The molecule has 0 fully saturated rings. The van der Waals surface area contributed by atoms with Gasteiger partial charge in [-0.3, -0.25) is 0 Å². The number of hydrogen-bond donors (Lipinski definition) is 3. The van der Waals surface area contributed by atoms with E-state index >= 15 is 0 Å². The normalized spacial score (nSPS) is 13.0. The Kier molecular flexibility index (Phi) is 6.52. The Morgan fingerprint density at radius 1 is 1.06 bits per heavy atom. The first-order valence-electron chi connectivity index (χ1n) is 11.8. The number of benzene rings is 2. The second-order valence-electron chi connectivity index (χ2n) is 8.84. The van der Waals surface area contributed by atoms with Crippen LogP contribution in [0.2, 0.25) is 0 Å². The van der Waals surface area contributed by atoms with Gasteiger partial charge in [0, 0.05) is 38.3 Å². The summed E-state index contributed by atoms with van der Waals surface area (Å²) in [5.41, 5.74) is 7.57. The van der Waals surface area contributed by atoms with Crippen LogP contribution in [-0.4, -0.2) is 46.6 Å². The van der Waals surface area contributed by atoms with Crippen LogP contribution >= 0.6 is 0 Å². The number of fused-ring (bicyclic) bond motifs is 2. The molecule has 1 aliphatic heterocycles. The zero-order valence-corrected chi connectivity index (χ0v) is 20.6. The van der Waals surface area contributed by atoms with Crippen LogP contribution in [0.15, 0.2) is 36.5 Å². The second-order valence-corrected chi connectivity index (χ2v) is 8.84. The number of nitrogens with zero attached hydrogens (tertiary/aromatic N) is 4. The van der Waals surface area contributed by atoms with E-state index in [1.807, 2.05) is 25.4 Å². The lowest BCUT2D eigenvalue weighted by Crippen LogP contribution is -2.23. The number of rotatable bonds is 8. The fourth-order valence-corrected chi connectivity index (χ4v) is 4.44. The van der Waals surface area contributed by atoms with E-state index in [4.69, 9.17) is 14.5 Å². The summed E-state index contributed by atoms with van der Waals surface area (Å²) in [5, 5.41) is 15.8. The molecule has 182 valence electrons. The van der Waals surface area contributed by atoms with Gasteiger partial charge in [-0.1, -0.05) is 6.07 Å². The number of aromatic nitrogens is 4. The summed E-state index contributed by atoms with van der Waals surface area (Å²) in [6, 6.07) is 10.5. The maximum absolute atomic E-state index is 5.78. The third-order valence-corrected chi connectivity index (χ3v) is 6.24. The largest absolute Gasteiger partial charge is 0.491 e. The Morgan fingerprint density at radius 2 is 1.89 bits per heavy atom. The van der Waals surface area contributed by atoms with Crippen molar-refractivity contribution in [1.29, 1.82) is 0 Å². The SMILES string of the molecule is COCCOc1cc(C)c(Nc2nn(C)c3nc(Nc4ccc5c(c4)CNCC5)ncc23)c(C)c1. The highest BCUT2D eigenvalue weighted by Crippen LogP contribution is 2.31. The van der Waals surface area contributed by atoms with Crippen molar-refractivity contribution in [2.24, 2.45) is 7.05 Å². The smallest absolute Gasteiger partial charge is 0.229 e. The average molecular weight is 474 g/mol. The predicted molar refractivity (Wildman–Crippen MR) is 138 cm³/mol. The molecule has 2 aromatic heterocycles. The molecule has 0 bridgehead atoms. The van der Waals surface area contributed by atoms with E-state index in [0.717, 1.165) is 58.8 Å². The fraction of sp³-hybridized carbons (Fsp3) is 0.346. The van der Waals surface area contributed by atoms with Gasteiger partial charge in [-0.15, -0.1) is 0 Å². The molecule has 9 heteroatoms. The number of aryl methyl sites for hydroxylation is 3. The molecule has 0 saturated heterocycles. The van der Waals surface area contributed by atoms with Crippen LogP contribution in [0.4, 0.5) is 23.1 Å². The molecule has 0 unspecified atom stereocenters. The van der Waals surface area contributed by atoms with E-state index < -0.39 is 0 Å². The molecule has 3 heterocycles. The minimum atomic E-state index is 0.517. The van der Waals surface area contributed by atoms with Gasteiger partial charge in [-0.25, -0.2) is 9.67 Å². The lowest BCUT2D eigenvalue weighted by atomic mass is 10.0. The molecule has 0 radical (unpaired) electrons. The molecule has 4 aromatic rings. The second kappa shape index (κ2) is 9.89. The maximum Gasteiger partial charge on any atom is 0.229 e. The van der Waals surface area contributed by atoms with E-state index in [-0.39, 0.29) is 0 Å². The molecule has 0 amide bonds. The van der Waals surface area contributed by atoms with Gasteiger partial charge in [0.15, 0.2) is 11.5 Å². The van der Waals surface area contributed by atoms with Gasteiger partial charge in [0.1, 0.15) is 12.4 Å². The third-order valence-electron chi connectivity index (χ3n) is 6.24. The highest BCUT2D eigenvalue weighted by molar-refractivity contribution is 5.90. The van der Waals surface area contributed by atoms with E-state index in [1.54, 1.807) is 11.8 Å². The van der Waals surface area contributed by atoms with Gasteiger partial charge < -0.3 is 25.4 Å². The van der Waals surface area contributed by atoms with Crippen LogP contribution in [0.25, 0.3) is 11.0 Å². The predicted octanol–water partition coefficient (Wildman–Crippen LogP) is 4.14. The number of anilines is 4. The van der Waals surface area contributed by atoms with E-state index in [1.165, 1.54) is 11.1 Å². The number of hydrogen-bond acceptors (Lipinski definition) is 8. The van der Waals surface area contributed by atoms with Crippen molar-refractivity contribution >= 4 is 34.2 Å². The molecule has 35 heavy (non-hydrogen) atoms. The first-order valence-corrected chi connectivity index (χ1v) is 11.8. The van der Waals surface area contributed by atoms with Crippen LogP contribution in [0, 0.1) is 13.8 Å². The number of nitrogens with one attached hydrogen (secondary N) is 3. The zero-order valence-electron chi connectivity index (χ0n) is 20.6. The van der Waals surface area contributed by atoms with Gasteiger partial charge in [-0.05, 0) is 73.3 Å². The van der Waals surface area contributed by atoms with Crippen molar-refractivity contribution in [3.63, 3.8) is 0 Å². The van der Waals surface area contributed by atoms with Crippen LogP contribution in [0.3, 0.4) is 0 Å². The van der Waals surface area contributed by atoms with Crippen molar-refractivity contribution in [2.75, 3.05) is 37.5 Å². The zero-order chi connectivity index (χ0) is 24.4. The lowest BCUT2D eigenvalue weighted by molar-refractivity contribution is 0.146. The van der Waals surface area contributed by atoms with Crippen LogP contribution in [0.1, 0.15) is 22.3 Å². The van der Waals surface area contributed by atoms with E-state index in [9.17, 15) is 0 Å². The standard InChI is InChI=1S/C26H31N7O2/c1-16-11-21(35-10-9-34-4)12-17(2)23(16)30-24-22-15-28-26(31-25(22)33(3)32-24)29-20-6-5-18-7-8-27-14-19(18)13-20/h5-6,11-13,15,27H,7-10,14H2,1-4H3,(H,30,32)(H,28,29,31). The molecule has 3 N–H and O–H groups in total. The maximum atomic E-state index is 5.78. The molecule has 9 nitrogen and oxygen atoms in total. The first kappa shape index (κ1) is 23.1. The Labute approximate surface area is 204 Å². The van der Waals surface area contributed by atoms with Gasteiger partial charge in [0.05, 0.1) is 12.0 Å². The quantitative estimate of drug-likeness (QED) is 0.329. The fourth-order valence-electron chi connectivity index (χ4n) is 4.44. The topological polar surface area (TPSA) is 98.2 Å². The first-order chi connectivity index (χ1) is 17.0. The minimum absolute atomic E-state index is 0.517. The molecule has 0 atom stereocenters. The molecule has 0 saturated carbocycles. The van der Waals surface area contributed by atoms with Crippen LogP contribution < -0.4 is 20.7 Å². The summed E-state index contributed by atoms with van der Waals surface area (Å²) in [6.45, 7) is 7.09. The van der Waals surface area contributed by atoms with E-state index in [2.05, 4.69) is 58.1 Å². The Morgan fingerprint density at radius 3 is 2.69 bits per heavy atom. The van der Waals surface area contributed by atoms with E-state index in [0.29, 0.717) is 25.0 Å². The van der Waals surface area contributed by atoms with Crippen LogP contribution in [0.5, 0.6) is 5.75 Å². The van der Waals surface area contributed by atoms with Gasteiger partial charge in [-0.2, -0.15) is 10.1 Å². The summed E-state index contributed by atoms with van der Waals surface area (Å²) in [4.78, 5) is 9.30. The van der Waals surface area contributed by atoms with Gasteiger partial charge in [0.25, 0.3) is 0 Å². The lowest BCUT2D eigenvalue weighted by Gasteiger charge is -2.18. The minimum Gasteiger partial charge on any atom is -0.491 e. The molecule has 0 aliphatic carbocycles. The van der Waals surface area contributed by atoms with Crippen molar-refractivity contribution in [3.8, 4) is 5.75 Å². The molecular formula is C26H31N7O2. The monoisotopic (exact) mass is 473 g/mol. The molecule has 5 rings (SSSR count). The highest BCUT2D eigenvalue weighted by Gasteiger charge is 2.15. The molecule has 1 aliphatic rings. The van der Waals surface area contributed by atoms with Crippen molar-refractivity contribution in [2.45, 2.75) is 26.8 Å². The summed E-state index contributed by atoms with van der Waals surface area (Å²) in [7, 11) is 3.56. The average Bonchev–Trinajstić information content (AvgIpc) is 3.16. The number of methoxy groups -OCH3 is 1. The highest BCUT2D eigenvalue weighted by atomic mass is 16.5. The Bertz CT molecular complexity index is 1340.